The third-order valence-electron chi connectivity index (χ3n) is 2.86. The summed E-state index contributed by atoms with van der Waals surface area (Å²) in [7, 11) is 0. The van der Waals surface area contributed by atoms with E-state index >= 15 is 0 Å². The van der Waals surface area contributed by atoms with E-state index in [-0.39, 0.29) is 6.17 Å². The molecule has 1 atom stereocenters. The van der Waals surface area contributed by atoms with Crippen molar-refractivity contribution in [3.63, 3.8) is 0 Å². The molecule has 5 heteroatoms. The summed E-state index contributed by atoms with van der Waals surface area (Å²) >= 11 is 0. The molecular formula is C9H17N3O2. The lowest BCUT2D eigenvalue weighted by atomic mass is 10.2. The molecule has 0 radical (unpaired) electrons. The van der Waals surface area contributed by atoms with Crippen LogP contribution in [-0.2, 0) is 9.53 Å². The van der Waals surface area contributed by atoms with Crippen molar-refractivity contribution in [2.45, 2.75) is 6.17 Å². The van der Waals surface area contributed by atoms with Crippen molar-refractivity contribution < 1.29 is 9.53 Å². The molecule has 0 aromatic rings. The Morgan fingerprint density at radius 1 is 1.29 bits per heavy atom. The van der Waals surface area contributed by atoms with Crippen LogP contribution in [0.3, 0.4) is 0 Å². The van der Waals surface area contributed by atoms with Gasteiger partial charge in [0, 0.05) is 32.7 Å². The third kappa shape index (κ3) is 2.05. The van der Waals surface area contributed by atoms with Gasteiger partial charge in [-0.05, 0) is 0 Å². The number of piperazine rings is 1. The Bertz CT molecular complexity index is 194. The number of amides is 1. The molecule has 2 saturated heterocycles. The quantitative estimate of drug-likeness (QED) is 0.562. The van der Waals surface area contributed by atoms with Gasteiger partial charge in [-0.2, -0.15) is 0 Å². The van der Waals surface area contributed by atoms with E-state index in [1.165, 1.54) is 0 Å². The summed E-state index contributed by atoms with van der Waals surface area (Å²) in [5.74, 6) is 0. The predicted molar refractivity (Wildman–Crippen MR) is 51.8 cm³/mol. The first kappa shape index (κ1) is 9.89. The number of nitrogens with zero attached hydrogens (tertiary/aromatic N) is 2. The molecule has 1 unspecified atom stereocenters. The number of carbonyl (C=O) groups is 1. The summed E-state index contributed by atoms with van der Waals surface area (Å²) in [4.78, 5) is 15.0. The Morgan fingerprint density at radius 3 is 2.79 bits per heavy atom. The monoisotopic (exact) mass is 199 g/mol. The highest BCUT2D eigenvalue weighted by atomic mass is 16.5. The van der Waals surface area contributed by atoms with E-state index < -0.39 is 0 Å². The topological polar surface area (TPSA) is 44.8 Å². The molecule has 1 N–H and O–H groups in total. The molecule has 0 aliphatic carbocycles. The summed E-state index contributed by atoms with van der Waals surface area (Å²) < 4.78 is 5.29. The highest BCUT2D eigenvalue weighted by molar-refractivity contribution is 5.48. The minimum Gasteiger partial charge on any atom is -0.379 e. The molecule has 0 aromatic heterocycles. The van der Waals surface area contributed by atoms with Gasteiger partial charge in [0.2, 0.25) is 6.41 Å². The molecule has 1 amide bonds. The first-order valence-corrected chi connectivity index (χ1v) is 5.15. The first-order chi connectivity index (χ1) is 6.92. The minimum absolute atomic E-state index is 0.227. The van der Waals surface area contributed by atoms with Gasteiger partial charge in [-0.15, -0.1) is 0 Å². The standard InChI is InChI=1S/C9H17N3O2/c13-8-12-2-1-10-7-9(12)11-3-5-14-6-4-11/h8-10H,1-7H2. The highest BCUT2D eigenvalue weighted by Crippen LogP contribution is 2.09. The second-order valence-electron chi connectivity index (χ2n) is 3.68. The average molecular weight is 199 g/mol. The molecule has 5 nitrogen and oxygen atoms in total. The Hall–Kier alpha value is -0.650. The zero-order valence-corrected chi connectivity index (χ0v) is 8.32. The van der Waals surface area contributed by atoms with Crippen LogP contribution in [-0.4, -0.2) is 68.3 Å². The molecule has 2 aliphatic heterocycles. The van der Waals surface area contributed by atoms with Crippen LogP contribution in [0.15, 0.2) is 0 Å². The van der Waals surface area contributed by atoms with Crippen LogP contribution in [0.2, 0.25) is 0 Å². The van der Waals surface area contributed by atoms with Crippen LogP contribution < -0.4 is 5.32 Å². The van der Waals surface area contributed by atoms with Gasteiger partial charge in [-0.3, -0.25) is 9.69 Å². The lowest BCUT2D eigenvalue weighted by molar-refractivity contribution is -0.127. The van der Waals surface area contributed by atoms with E-state index in [2.05, 4.69) is 10.2 Å². The van der Waals surface area contributed by atoms with E-state index in [9.17, 15) is 4.79 Å². The van der Waals surface area contributed by atoms with E-state index in [1.54, 1.807) is 0 Å². The average Bonchev–Trinajstić information content (AvgIpc) is 2.30. The second kappa shape index (κ2) is 4.72. The SMILES string of the molecule is O=CN1CCNCC1N1CCOCC1. The number of carbonyl (C=O) groups excluding carboxylic acids is 1. The minimum atomic E-state index is 0.227. The molecule has 0 aromatic carbocycles. The smallest absolute Gasteiger partial charge is 0.211 e. The second-order valence-corrected chi connectivity index (χ2v) is 3.68. The number of nitrogens with one attached hydrogen (secondary N) is 1. The molecule has 0 saturated carbocycles. The molecular weight excluding hydrogens is 182 g/mol. The normalized spacial score (nSPS) is 30.3. The van der Waals surface area contributed by atoms with Crippen molar-refractivity contribution >= 4 is 6.41 Å². The fourth-order valence-corrected chi connectivity index (χ4v) is 2.04. The molecule has 2 fully saturated rings. The molecule has 2 aliphatic rings. The zero-order valence-electron chi connectivity index (χ0n) is 8.32. The van der Waals surface area contributed by atoms with Crippen molar-refractivity contribution in [1.29, 1.82) is 0 Å². The van der Waals surface area contributed by atoms with Crippen LogP contribution in [0, 0.1) is 0 Å². The van der Waals surface area contributed by atoms with Gasteiger partial charge in [0.1, 0.15) is 0 Å². The van der Waals surface area contributed by atoms with Gasteiger partial charge < -0.3 is 15.0 Å². The maximum absolute atomic E-state index is 10.9. The molecule has 2 heterocycles. The Balaban J connectivity index is 1.94. The summed E-state index contributed by atoms with van der Waals surface area (Å²) in [6.07, 6.45) is 1.19. The van der Waals surface area contributed by atoms with Crippen molar-refractivity contribution in [1.82, 2.24) is 15.1 Å². The van der Waals surface area contributed by atoms with E-state index in [4.69, 9.17) is 4.74 Å². The summed E-state index contributed by atoms with van der Waals surface area (Å²) in [5, 5.41) is 3.31. The lowest BCUT2D eigenvalue weighted by Crippen LogP contribution is -2.60. The van der Waals surface area contributed by atoms with Gasteiger partial charge >= 0.3 is 0 Å². The lowest BCUT2D eigenvalue weighted by Gasteiger charge is -2.42. The summed E-state index contributed by atoms with van der Waals surface area (Å²) in [6.45, 7) is 6.00. The molecule has 0 spiro atoms. The number of rotatable bonds is 2. The van der Waals surface area contributed by atoms with Gasteiger partial charge in [0.25, 0.3) is 0 Å². The maximum atomic E-state index is 10.9. The first-order valence-electron chi connectivity index (χ1n) is 5.15. The summed E-state index contributed by atoms with van der Waals surface area (Å²) in [5.41, 5.74) is 0. The van der Waals surface area contributed by atoms with Crippen LogP contribution in [0.1, 0.15) is 0 Å². The van der Waals surface area contributed by atoms with Crippen molar-refractivity contribution in [2.75, 3.05) is 45.9 Å². The van der Waals surface area contributed by atoms with Crippen LogP contribution in [0.5, 0.6) is 0 Å². The van der Waals surface area contributed by atoms with Crippen LogP contribution >= 0.6 is 0 Å². The van der Waals surface area contributed by atoms with Crippen LogP contribution in [0.25, 0.3) is 0 Å². The van der Waals surface area contributed by atoms with Gasteiger partial charge in [0.05, 0.1) is 19.4 Å². The van der Waals surface area contributed by atoms with E-state index in [1.807, 2.05) is 4.90 Å². The molecule has 2 rings (SSSR count). The van der Waals surface area contributed by atoms with Gasteiger partial charge in [0.15, 0.2) is 0 Å². The number of hydrogen-bond donors (Lipinski definition) is 1. The van der Waals surface area contributed by atoms with Crippen LogP contribution in [0.4, 0.5) is 0 Å². The fourth-order valence-electron chi connectivity index (χ4n) is 2.04. The van der Waals surface area contributed by atoms with Crippen molar-refractivity contribution in [2.24, 2.45) is 0 Å². The Morgan fingerprint density at radius 2 is 2.07 bits per heavy atom. The maximum Gasteiger partial charge on any atom is 0.211 e. The van der Waals surface area contributed by atoms with Crippen molar-refractivity contribution in [3.05, 3.63) is 0 Å². The van der Waals surface area contributed by atoms with Crippen molar-refractivity contribution in [3.8, 4) is 0 Å². The van der Waals surface area contributed by atoms with Gasteiger partial charge in [-0.1, -0.05) is 0 Å². The molecule has 14 heavy (non-hydrogen) atoms. The fraction of sp³-hybridized carbons (Fsp3) is 0.889. The predicted octanol–water partition coefficient (Wildman–Crippen LogP) is -1.29. The van der Waals surface area contributed by atoms with E-state index in [0.717, 1.165) is 52.3 Å². The van der Waals surface area contributed by atoms with Gasteiger partial charge in [-0.25, -0.2) is 0 Å². The van der Waals surface area contributed by atoms with E-state index in [0.29, 0.717) is 0 Å². The molecule has 80 valence electrons. The Kier molecular flexibility index (Phi) is 3.34. The Labute approximate surface area is 84.0 Å². The third-order valence-corrected chi connectivity index (χ3v) is 2.86. The largest absolute Gasteiger partial charge is 0.379 e. The molecule has 0 bridgehead atoms. The number of morpholine rings is 1. The zero-order chi connectivity index (χ0) is 9.80. The highest BCUT2D eigenvalue weighted by Gasteiger charge is 2.27. The number of hydrogen-bond acceptors (Lipinski definition) is 4. The summed E-state index contributed by atoms with van der Waals surface area (Å²) in [6, 6.07) is 0. The number of ether oxygens (including phenoxy) is 1.